The molecule has 10 heteroatoms. The van der Waals surface area contributed by atoms with Crippen molar-refractivity contribution in [2.45, 2.75) is 49.6 Å². The average molecular weight is 349 g/mol. The molecule has 10 nitrogen and oxygen atoms in total. The first-order valence-electron chi connectivity index (χ1n) is 7.26. The quantitative estimate of drug-likeness (QED) is 0.256. The first kappa shape index (κ1) is 20.5. The Bertz CT molecular complexity index is 471. The molecular formula is C14H23NO9. The number of carbonyl (C=O) groups is 2. The van der Waals surface area contributed by atoms with Crippen LogP contribution >= 0.6 is 0 Å². The van der Waals surface area contributed by atoms with Gasteiger partial charge >= 0.3 is 5.97 Å². The fourth-order valence-corrected chi connectivity index (χ4v) is 2.47. The van der Waals surface area contributed by atoms with Crippen molar-refractivity contribution in [3.63, 3.8) is 0 Å². The molecule has 0 bridgehead atoms. The smallest absolute Gasteiger partial charge is 0.364 e. The van der Waals surface area contributed by atoms with Gasteiger partial charge in [0.2, 0.25) is 5.91 Å². The first-order valence-corrected chi connectivity index (χ1v) is 7.26. The van der Waals surface area contributed by atoms with Gasteiger partial charge < -0.3 is 40.3 Å². The predicted molar refractivity (Wildman–Crippen MR) is 78.7 cm³/mol. The normalized spacial score (nSPS) is 32.6. The van der Waals surface area contributed by atoms with E-state index in [0.717, 1.165) is 6.92 Å². The minimum absolute atomic E-state index is 0.213. The Balaban J connectivity index is 3.18. The van der Waals surface area contributed by atoms with E-state index in [9.17, 15) is 30.0 Å². The molecule has 0 aromatic rings. The van der Waals surface area contributed by atoms with Gasteiger partial charge in [-0.3, -0.25) is 4.79 Å². The maximum atomic E-state index is 11.6. The van der Waals surface area contributed by atoms with E-state index in [1.807, 2.05) is 0 Å². The molecule has 1 heterocycles. The highest BCUT2D eigenvalue weighted by Gasteiger charge is 2.55. The molecule has 0 radical (unpaired) electrons. The molecule has 1 saturated heterocycles. The molecule has 0 aromatic heterocycles. The second-order valence-electron chi connectivity index (χ2n) is 5.48. The minimum Gasteiger partial charge on any atom is -0.477 e. The lowest BCUT2D eigenvalue weighted by atomic mass is 9.88. The molecule has 24 heavy (non-hydrogen) atoms. The molecule has 0 unspecified atom stereocenters. The summed E-state index contributed by atoms with van der Waals surface area (Å²) < 4.78 is 10.5. The van der Waals surface area contributed by atoms with E-state index in [1.54, 1.807) is 0 Å². The maximum Gasteiger partial charge on any atom is 0.364 e. The predicted octanol–water partition coefficient (Wildman–Crippen LogP) is -2.66. The third-order valence-electron chi connectivity index (χ3n) is 3.62. The maximum absolute atomic E-state index is 11.6. The third kappa shape index (κ3) is 4.50. The van der Waals surface area contributed by atoms with E-state index in [1.165, 1.54) is 6.08 Å². The average Bonchev–Trinajstić information content (AvgIpc) is 2.53. The second-order valence-corrected chi connectivity index (χ2v) is 5.48. The number of hydrogen-bond donors (Lipinski definition) is 6. The molecule has 1 rings (SSSR count). The fourth-order valence-electron chi connectivity index (χ4n) is 2.47. The molecule has 0 spiro atoms. The van der Waals surface area contributed by atoms with Crippen molar-refractivity contribution >= 4 is 11.9 Å². The van der Waals surface area contributed by atoms with Crippen LogP contribution in [0.3, 0.4) is 0 Å². The molecule has 6 atom stereocenters. The molecule has 1 aliphatic heterocycles. The molecule has 6 N–H and O–H groups in total. The molecule has 1 fully saturated rings. The molecule has 1 aliphatic rings. The van der Waals surface area contributed by atoms with E-state index in [-0.39, 0.29) is 6.61 Å². The monoisotopic (exact) mass is 349 g/mol. The number of carboxylic acids is 1. The Morgan fingerprint density at radius 3 is 2.58 bits per heavy atom. The van der Waals surface area contributed by atoms with Gasteiger partial charge in [0.1, 0.15) is 18.3 Å². The van der Waals surface area contributed by atoms with Crippen LogP contribution < -0.4 is 5.32 Å². The number of ether oxygens (including phenoxy) is 2. The molecule has 0 aliphatic carbocycles. The lowest BCUT2D eigenvalue weighted by molar-refractivity contribution is -0.308. The Morgan fingerprint density at radius 1 is 1.50 bits per heavy atom. The van der Waals surface area contributed by atoms with Crippen LogP contribution in [0, 0.1) is 0 Å². The van der Waals surface area contributed by atoms with Crippen molar-refractivity contribution in [2.75, 3.05) is 13.2 Å². The molecule has 138 valence electrons. The van der Waals surface area contributed by atoms with Crippen LogP contribution in [0.5, 0.6) is 0 Å². The largest absolute Gasteiger partial charge is 0.477 e. The van der Waals surface area contributed by atoms with Crippen LogP contribution in [0.1, 0.15) is 13.3 Å². The lowest BCUT2D eigenvalue weighted by Gasteiger charge is -2.46. The molecule has 0 aromatic carbocycles. The van der Waals surface area contributed by atoms with Gasteiger partial charge in [-0.1, -0.05) is 6.08 Å². The van der Waals surface area contributed by atoms with Crippen molar-refractivity contribution in [3.8, 4) is 0 Å². The molecular weight excluding hydrogens is 326 g/mol. The molecule has 1 amide bonds. The Hall–Kier alpha value is -1.56. The van der Waals surface area contributed by atoms with E-state index in [2.05, 4.69) is 11.9 Å². The van der Waals surface area contributed by atoms with Crippen molar-refractivity contribution in [1.29, 1.82) is 0 Å². The number of aliphatic carboxylic acids is 1. The van der Waals surface area contributed by atoms with Gasteiger partial charge in [-0.25, -0.2) is 4.79 Å². The molecule has 0 saturated carbocycles. The van der Waals surface area contributed by atoms with E-state index in [0.29, 0.717) is 0 Å². The number of aliphatic hydroxyl groups is 4. The van der Waals surface area contributed by atoms with Gasteiger partial charge in [0.25, 0.3) is 5.79 Å². The summed E-state index contributed by atoms with van der Waals surface area (Å²) in [6.45, 7) is 3.50. The van der Waals surface area contributed by atoms with Crippen LogP contribution in [-0.2, 0) is 19.1 Å². The summed E-state index contributed by atoms with van der Waals surface area (Å²) in [5.74, 6) is -4.42. The summed E-state index contributed by atoms with van der Waals surface area (Å²) in [5, 5.41) is 50.7. The van der Waals surface area contributed by atoms with Crippen LogP contribution in [0.15, 0.2) is 12.7 Å². The number of aliphatic hydroxyl groups excluding tert-OH is 4. The van der Waals surface area contributed by atoms with E-state index >= 15 is 0 Å². The SMILES string of the molecule is C=CCO[C@@]1(C(=O)O)C[C@H](O)[C@@H](NC(C)=O)[C@H]([C@H](O)[C@H](O)CO)O1. The van der Waals surface area contributed by atoms with Gasteiger partial charge in [-0.15, -0.1) is 6.58 Å². The Kier molecular flexibility index (Phi) is 7.27. The first-order chi connectivity index (χ1) is 11.2. The highest BCUT2D eigenvalue weighted by atomic mass is 16.7. The lowest BCUT2D eigenvalue weighted by Crippen LogP contribution is -2.67. The number of nitrogens with one attached hydrogen (secondary N) is 1. The number of amides is 1. The van der Waals surface area contributed by atoms with Gasteiger partial charge in [-0.05, 0) is 0 Å². The summed E-state index contributed by atoms with van der Waals surface area (Å²) in [4.78, 5) is 22.9. The summed E-state index contributed by atoms with van der Waals surface area (Å²) in [7, 11) is 0. The third-order valence-corrected chi connectivity index (χ3v) is 3.62. The van der Waals surface area contributed by atoms with Crippen LogP contribution in [0.2, 0.25) is 0 Å². The van der Waals surface area contributed by atoms with Crippen molar-refractivity contribution < 1.29 is 44.6 Å². The number of hydrogen-bond acceptors (Lipinski definition) is 8. The summed E-state index contributed by atoms with van der Waals surface area (Å²) in [5.41, 5.74) is 0. The fraction of sp³-hybridized carbons (Fsp3) is 0.714. The van der Waals surface area contributed by atoms with Crippen LogP contribution in [-0.4, -0.2) is 86.9 Å². The van der Waals surface area contributed by atoms with Gasteiger partial charge in [0.05, 0.1) is 25.4 Å². The zero-order chi connectivity index (χ0) is 18.5. The second kappa shape index (κ2) is 8.51. The van der Waals surface area contributed by atoms with Crippen molar-refractivity contribution in [2.24, 2.45) is 0 Å². The number of carboxylic acid groups (broad SMARTS) is 1. The van der Waals surface area contributed by atoms with E-state index in [4.69, 9.17) is 14.6 Å². The number of rotatable bonds is 8. The summed E-state index contributed by atoms with van der Waals surface area (Å²) in [6, 6.07) is -1.21. The van der Waals surface area contributed by atoms with Gasteiger partial charge in [-0.2, -0.15) is 0 Å². The van der Waals surface area contributed by atoms with Crippen molar-refractivity contribution in [3.05, 3.63) is 12.7 Å². The summed E-state index contributed by atoms with van der Waals surface area (Å²) in [6.07, 6.45) is -5.71. The highest BCUT2D eigenvalue weighted by Crippen LogP contribution is 2.33. The Morgan fingerprint density at radius 2 is 2.12 bits per heavy atom. The van der Waals surface area contributed by atoms with Crippen LogP contribution in [0.4, 0.5) is 0 Å². The zero-order valence-electron chi connectivity index (χ0n) is 13.2. The van der Waals surface area contributed by atoms with Gasteiger partial charge in [0, 0.05) is 13.3 Å². The minimum atomic E-state index is -2.30. The Labute approximate surface area is 138 Å². The highest BCUT2D eigenvalue weighted by molar-refractivity contribution is 5.76. The van der Waals surface area contributed by atoms with E-state index < -0.39 is 61.1 Å². The van der Waals surface area contributed by atoms with Crippen LogP contribution in [0.25, 0.3) is 0 Å². The number of carbonyl (C=O) groups excluding carboxylic acids is 1. The summed E-state index contributed by atoms with van der Waals surface area (Å²) >= 11 is 0. The van der Waals surface area contributed by atoms with Gasteiger partial charge in [0.15, 0.2) is 0 Å². The van der Waals surface area contributed by atoms with Crippen molar-refractivity contribution in [1.82, 2.24) is 5.32 Å². The standard InChI is InChI=1S/C14H23NO9/c1-3-4-23-14(13(21)22)5-8(18)10(15-7(2)17)12(24-14)11(20)9(19)6-16/h3,8-12,16,18-20H,1,4-6H2,2H3,(H,15,17)(H,21,22)/t8-,9+,10+,11+,12+,14-/m0/s1. The topological polar surface area (TPSA) is 166 Å². The zero-order valence-corrected chi connectivity index (χ0v) is 13.2.